The number of rotatable bonds is 3. The molecule has 0 fully saturated rings. The Morgan fingerprint density at radius 3 is 2.30 bits per heavy atom. The SMILES string of the molecule is COc1nnc(Cc2ccc(C(F)(F)F)cc2)cc1Cl. The van der Waals surface area contributed by atoms with Crippen LogP contribution in [-0.2, 0) is 12.6 Å². The summed E-state index contributed by atoms with van der Waals surface area (Å²) in [7, 11) is 1.42. The molecule has 0 aliphatic rings. The molecule has 7 heteroatoms. The lowest BCUT2D eigenvalue weighted by Crippen LogP contribution is -2.04. The monoisotopic (exact) mass is 302 g/mol. The number of ether oxygens (including phenoxy) is 1. The predicted octanol–water partition coefficient (Wildman–Crippen LogP) is 3.75. The molecule has 20 heavy (non-hydrogen) atoms. The molecule has 3 nitrogen and oxygen atoms in total. The van der Waals surface area contributed by atoms with Crippen LogP contribution in [0.2, 0.25) is 5.02 Å². The van der Waals surface area contributed by atoms with Gasteiger partial charge in [-0.15, -0.1) is 5.10 Å². The molecular weight excluding hydrogens is 293 g/mol. The number of nitrogens with zero attached hydrogens (tertiary/aromatic N) is 2. The highest BCUT2D eigenvalue weighted by atomic mass is 35.5. The second-order valence-corrected chi connectivity index (χ2v) is 4.47. The Labute approximate surface area is 118 Å². The third kappa shape index (κ3) is 3.39. The molecular formula is C13H10ClF3N2O. The minimum Gasteiger partial charge on any atom is -0.479 e. The summed E-state index contributed by atoms with van der Waals surface area (Å²) in [5, 5.41) is 7.97. The molecule has 0 bridgehead atoms. The lowest BCUT2D eigenvalue weighted by Gasteiger charge is -2.08. The third-order valence-electron chi connectivity index (χ3n) is 2.63. The van der Waals surface area contributed by atoms with E-state index in [1.807, 2.05) is 0 Å². The maximum absolute atomic E-state index is 12.4. The van der Waals surface area contributed by atoms with Crippen LogP contribution in [0.25, 0.3) is 0 Å². The van der Waals surface area contributed by atoms with Gasteiger partial charge in [0.05, 0.1) is 18.4 Å². The predicted molar refractivity (Wildman–Crippen MR) is 67.8 cm³/mol. The lowest BCUT2D eigenvalue weighted by molar-refractivity contribution is -0.137. The Balaban J connectivity index is 2.16. The fourth-order valence-corrected chi connectivity index (χ4v) is 1.88. The third-order valence-corrected chi connectivity index (χ3v) is 2.90. The van der Waals surface area contributed by atoms with Crippen molar-refractivity contribution in [2.24, 2.45) is 0 Å². The average Bonchev–Trinajstić information content (AvgIpc) is 2.38. The molecule has 0 saturated carbocycles. The summed E-state index contributed by atoms with van der Waals surface area (Å²) >= 11 is 5.90. The zero-order chi connectivity index (χ0) is 14.8. The van der Waals surface area contributed by atoms with E-state index >= 15 is 0 Å². The van der Waals surface area contributed by atoms with Crippen molar-refractivity contribution in [1.82, 2.24) is 10.2 Å². The van der Waals surface area contributed by atoms with Crippen molar-refractivity contribution in [3.8, 4) is 5.88 Å². The molecule has 0 atom stereocenters. The molecule has 0 spiro atoms. The number of hydrogen-bond acceptors (Lipinski definition) is 3. The van der Waals surface area contributed by atoms with Gasteiger partial charge in [-0.2, -0.15) is 18.3 Å². The fraction of sp³-hybridized carbons (Fsp3) is 0.231. The van der Waals surface area contributed by atoms with Crippen LogP contribution in [0, 0.1) is 0 Å². The van der Waals surface area contributed by atoms with Crippen LogP contribution >= 0.6 is 11.6 Å². The van der Waals surface area contributed by atoms with E-state index < -0.39 is 11.7 Å². The van der Waals surface area contributed by atoms with Crippen LogP contribution in [0.15, 0.2) is 30.3 Å². The van der Waals surface area contributed by atoms with Crippen molar-refractivity contribution < 1.29 is 17.9 Å². The van der Waals surface area contributed by atoms with Gasteiger partial charge >= 0.3 is 6.18 Å². The van der Waals surface area contributed by atoms with E-state index in [-0.39, 0.29) is 5.88 Å². The molecule has 0 aliphatic carbocycles. The largest absolute Gasteiger partial charge is 0.479 e. The number of aromatic nitrogens is 2. The van der Waals surface area contributed by atoms with E-state index in [1.165, 1.54) is 19.2 Å². The van der Waals surface area contributed by atoms with Gasteiger partial charge in [0.2, 0.25) is 0 Å². The molecule has 2 rings (SSSR count). The van der Waals surface area contributed by atoms with Crippen LogP contribution in [-0.4, -0.2) is 17.3 Å². The standard InChI is InChI=1S/C13H10ClF3N2O/c1-20-12-11(14)7-10(18-19-12)6-8-2-4-9(5-3-8)13(15,16)17/h2-5,7H,6H2,1H3. The van der Waals surface area contributed by atoms with Crippen molar-refractivity contribution in [2.75, 3.05) is 7.11 Å². The molecule has 0 aliphatic heterocycles. The second-order valence-electron chi connectivity index (χ2n) is 4.06. The van der Waals surface area contributed by atoms with Crippen molar-refractivity contribution in [1.29, 1.82) is 0 Å². The topological polar surface area (TPSA) is 35.0 Å². The van der Waals surface area contributed by atoms with Crippen LogP contribution in [0.3, 0.4) is 0 Å². The van der Waals surface area contributed by atoms with Crippen LogP contribution in [0.1, 0.15) is 16.8 Å². The maximum atomic E-state index is 12.4. The minimum atomic E-state index is -4.33. The summed E-state index contributed by atoms with van der Waals surface area (Å²) in [4.78, 5) is 0. The molecule has 0 saturated heterocycles. The van der Waals surface area contributed by atoms with Crippen molar-refractivity contribution in [2.45, 2.75) is 12.6 Å². The zero-order valence-electron chi connectivity index (χ0n) is 10.4. The Morgan fingerprint density at radius 2 is 1.80 bits per heavy atom. The summed E-state index contributed by atoms with van der Waals surface area (Å²) in [6.07, 6.45) is -3.99. The number of alkyl halides is 3. The van der Waals surface area contributed by atoms with Gasteiger partial charge in [0.15, 0.2) is 0 Å². The Kier molecular flexibility index (Phi) is 4.13. The summed E-state index contributed by atoms with van der Waals surface area (Å²) < 4.78 is 42.2. The van der Waals surface area contributed by atoms with Gasteiger partial charge in [-0.05, 0) is 23.8 Å². The number of halogens is 4. The van der Waals surface area contributed by atoms with E-state index in [2.05, 4.69) is 10.2 Å². The summed E-state index contributed by atoms with van der Waals surface area (Å²) in [5.41, 5.74) is 0.559. The summed E-state index contributed by atoms with van der Waals surface area (Å²) in [5.74, 6) is 0.211. The molecule has 2 aromatic rings. The Hall–Kier alpha value is -1.82. The van der Waals surface area contributed by atoms with E-state index in [9.17, 15) is 13.2 Å². The average molecular weight is 303 g/mol. The van der Waals surface area contributed by atoms with E-state index in [4.69, 9.17) is 16.3 Å². The lowest BCUT2D eigenvalue weighted by atomic mass is 10.1. The molecule has 0 radical (unpaired) electrons. The van der Waals surface area contributed by atoms with Gasteiger partial charge in [-0.25, -0.2) is 0 Å². The van der Waals surface area contributed by atoms with Gasteiger partial charge < -0.3 is 4.74 Å². The molecule has 0 unspecified atom stereocenters. The fourth-order valence-electron chi connectivity index (χ4n) is 1.64. The van der Waals surface area contributed by atoms with Crippen LogP contribution < -0.4 is 4.74 Å². The zero-order valence-corrected chi connectivity index (χ0v) is 11.2. The molecule has 1 aromatic carbocycles. The number of hydrogen-bond donors (Lipinski definition) is 0. The van der Waals surface area contributed by atoms with Gasteiger partial charge in [-0.3, -0.25) is 0 Å². The first-order valence-corrected chi connectivity index (χ1v) is 6.00. The second kappa shape index (κ2) is 5.66. The van der Waals surface area contributed by atoms with E-state index in [0.29, 0.717) is 22.7 Å². The Bertz CT molecular complexity index is 600. The molecule has 0 amide bonds. The quantitative estimate of drug-likeness (QED) is 0.866. The van der Waals surface area contributed by atoms with Crippen molar-refractivity contribution in [3.63, 3.8) is 0 Å². The maximum Gasteiger partial charge on any atom is 0.416 e. The van der Waals surface area contributed by atoms with Crippen LogP contribution in [0.4, 0.5) is 13.2 Å². The highest BCUT2D eigenvalue weighted by Crippen LogP contribution is 2.29. The molecule has 106 valence electrons. The normalized spacial score (nSPS) is 11.4. The van der Waals surface area contributed by atoms with Gasteiger partial charge in [0.1, 0.15) is 5.02 Å². The molecule has 0 N–H and O–H groups in total. The highest BCUT2D eigenvalue weighted by molar-refractivity contribution is 6.31. The highest BCUT2D eigenvalue weighted by Gasteiger charge is 2.29. The first-order chi connectivity index (χ1) is 9.40. The first-order valence-electron chi connectivity index (χ1n) is 5.62. The van der Waals surface area contributed by atoms with Gasteiger partial charge in [0, 0.05) is 6.42 Å². The van der Waals surface area contributed by atoms with Crippen molar-refractivity contribution in [3.05, 3.63) is 52.2 Å². The Morgan fingerprint density at radius 1 is 1.15 bits per heavy atom. The summed E-state index contributed by atoms with van der Waals surface area (Å²) in [6, 6.07) is 6.46. The number of benzene rings is 1. The van der Waals surface area contributed by atoms with Gasteiger partial charge in [-0.1, -0.05) is 23.7 Å². The van der Waals surface area contributed by atoms with E-state index in [1.54, 1.807) is 6.07 Å². The minimum absolute atomic E-state index is 0.211. The van der Waals surface area contributed by atoms with Crippen molar-refractivity contribution >= 4 is 11.6 Å². The first kappa shape index (κ1) is 14.6. The number of methoxy groups -OCH3 is 1. The van der Waals surface area contributed by atoms with E-state index in [0.717, 1.165) is 12.1 Å². The van der Waals surface area contributed by atoms with Gasteiger partial charge in [0.25, 0.3) is 5.88 Å². The summed E-state index contributed by atoms with van der Waals surface area (Å²) in [6.45, 7) is 0. The van der Waals surface area contributed by atoms with Crippen LogP contribution in [0.5, 0.6) is 5.88 Å². The molecule has 1 aromatic heterocycles. The smallest absolute Gasteiger partial charge is 0.416 e. The molecule has 1 heterocycles.